The summed E-state index contributed by atoms with van der Waals surface area (Å²) in [6.07, 6.45) is 5.07. The Labute approximate surface area is 215 Å². The van der Waals surface area contributed by atoms with Crippen LogP contribution in [-0.4, -0.2) is 34.0 Å². The number of carbonyl (C=O) groups is 1. The van der Waals surface area contributed by atoms with Gasteiger partial charge in [0.2, 0.25) is 0 Å². The smallest absolute Gasteiger partial charge is 0.265 e. The molecule has 0 aromatic carbocycles. The number of pyridine rings is 2. The van der Waals surface area contributed by atoms with Crippen LogP contribution >= 0.6 is 11.9 Å². The van der Waals surface area contributed by atoms with Gasteiger partial charge in [0.1, 0.15) is 16.7 Å². The fraction of sp³-hybridized carbons (Fsp3) is 0.536. The fourth-order valence-corrected chi connectivity index (χ4v) is 5.36. The van der Waals surface area contributed by atoms with Crippen molar-refractivity contribution in [3.05, 3.63) is 54.2 Å². The van der Waals surface area contributed by atoms with Crippen LogP contribution in [-0.2, 0) is 5.41 Å². The summed E-state index contributed by atoms with van der Waals surface area (Å²) in [5.74, 6) is 1.93. The Hall–Kier alpha value is -2.54. The molecule has 190 valence electrons. The van der Waals surface area contributed by atoms with E-state index in [4.69, 9.17) is 4.98 Å². The lowest BCUT2D eigenvalue weighted by Crippen LogP contribution is -2.40. The van der Waals surface area contributed by atoms with Crippen molar-refractivity contribution in [1.82, 2.24) is 14.7 Å². The van der Waals surface area contributed by atoms with Crippen LogP contribution in [0.3, 0.4) is 0 Å². The molecule has 1 fully saturated rings. The van der Waals surface area contributed by atoms with E-state index in [2.05, 4.69) is 61.1 Å². The molecule has 2 N–H and O–H groups in total. The first kappa shape index (κ1) is 27.1. The van der Waals surface area contributed by atoms with Crippen molar-refractivity contribution in [3.8, 4) is 0 Å². The highest BCUT2D eigenvalue weighted by Gasteiger charge is 2.41. The molecule has 1 amide bonds. The zero-order valence-corrected chi connectivity index (χ0v) is 23.1. The van der Waals surface area contributed by atoms with Crippen LogP contribution < -0.4 is 14.9 Å². The highest BCUT2D eigenvalue weighted by molar-refractivity contribution is 7.97. The zero-order chi connectivity index (χ0) is 25.8. The van der Waals surface area contributed by atoms with Gasteiger partial charge >= 0.3 is 0 Å². The number of aromatic nitrogens is 2. The predicted molar refractivity (Wildman–Crippen MR) is 148 cm³/mol. The van der Waals surface area contributed by atoms with Gasteiger partial charge in [-0.3, -0.25) is 9.52 Å². The first-order valence-corrected chi connectivity index (χ1v) is 13.5. The molecule has 0 saturated carbocycles. The van der Waals surface area contributed by atoms with Gasteiger partial charge in [0.25, 0.3) is 5.91 Å². The topological polar surface area (TPSA) is 70.2 Å². The summed E-state index contributed by atoms with van der Waals surface area (Å²) in [6, 6.07) is 9.85. The summed E-state index contributed by atoms with van der Waals surface area (Å²) in [4.78, 5) is 25.4. The van der Waals surface area contributed by atoms with Gasteiger partial charge in [0, 0.05) is 41.2 Å². The lowest BCUT2D eigenvalue weighted by Gasteiger charge is -2.34. The molecule has 35 heavy (non-hydrogen) atoms. The van der Waals surface area contributed by atoms with E-state index in [1.165, 1.54) is 11.9 Å². The van der Waals surface area contributed by atoms with Crippen molar-refractivity contribution < 1.29 is 4.79 Å². The van der Waals surface area contributed by atoms with Crippen LogP contribution in [0.25, 0.3) is 0 Å². The minimum absolute atomic E-state index is 0.0869. The second-order valence-electron chi connectivity index (χ2n) is 10.8. The summed E-state index contributed by atoms with van der Waals surface area (Å²) < 4.78 is 2.99. The second kappa shape index (κ2) is 11.0. The maximum atomic E-state index is 13.3. The van der Waals surface area contributed by atoms with E-state index in [0.29, 0.717) is 11.5 Å². The van der Waals surface area contributed by atoms with Crippen molar-refractivity contribution in [2.24, 2.45) is 5.92 Å². The average Bonchev–Trinajstić information content (AvgIpc) is 3.14. The van der Waals surface area contributed by atoms with E-state index in [1.54, 1.807) is 0 Å². The van der Waals surface area contributed by atoms with Crippen molar-refractivity contribution in [3.63, 3.8) is 0 Å². The van der Waals surface area contributed by atoms with Crippen LogP contribution in [0.1, 0.15) is 83.8 Å². The summed E-state index contributed by atoms with van der Waals surface area (Å²) in [7, 11) is 0. The number of hydrogen-bond acceptors (Lipinski definition) is 6. The number of rotatable bonds is 1. The SMILES string of the molecule is C=CC1CCC2CN(c3nc(C(C)(C)C)ccc3C(=O)NSc3cccc(n3)N1)C(C)(C)C2.CC. The summed E-state index contributed by atoms with van der Waals surface area (Å²) in [6.45, 7) is 19.9. The van der Waals surface area contributed by atoms with Gasteiger partial charge in [-0.15, -0.1) is 6.58 Å². The normalized spacial score (nSPS) is 21.8. The van der Waals surface area contributed by atoms with Crippen LogP contribution in [0.2, 0.25) is 0 Å². The van der Waals surface area contributed by atoms with E-state index in [-0.39, 0.29) is 22.9 Å². The Balaban J connectivity index is 0.00000167. The number of carbonyl (C=O) groups excluding carboxylic acids is 1. The van der Waals surface area contributed by atoms with Crippen LogP contribution in [0.5, 0.6) is 0 Å². The van der Waals surface area contributed by atoms with E-state index >= 15 is 0 Å². The van der Waals surface area contributed by atoms with Crippen LogP contribution in [0, 0.1) is 5.92 Å². The maximum Gasteiger partial charge on any atom is 0.265 e. The predicted octanol–water partition coefficient (Wildman–Crippen LogP) is 6.60. The lowest BCUT2D eigenvalue weighted by molar-refractivity contribution is 0.0984. The van der Waals surface area contributed by atoms with Crippen LogP contribution in [0.4, 0.5) is 11.6 Å². The third-order valence-electron chi connectivity index (χ3n) is 6.58. The molecule has 4 heterocycles. The zero-order valence-electron chi connectivity index (χ0n) is 22.3. The molecule has 1 saturated heterocycles. The summed E-state index contributed by atoms with van der Waals surface area (Å²) in [5, 5.41) is 4.22. The number of nitrogens with zero attached hydrogens (tertiary/aromatic N) is 3. The van der Waals surface area contributed by atoms with Gasteiger partial charge in [0.15, 0.2) is 0 Å². The highest BCUT2D eigenvalue weighted by Crippen LogP contribution is 2.40. The minimum Gasteiger partial charge on any atom is -0.364 e. The van der Waals surface area contributed by atoms with Crippen molar-refractivity contribution in [2.75, 3.05) is 16.8 Å². The number of hydrogen-bond donors (Lipinski definition) is 2. The molecule has 2 aliphatic heterocycles. The summed E-state index contributed by atoms with van der Waals surface area (Å²) >= 11 is 1.23. The molecule has 2 aromatic heterocycles. The molecule has 7 heteroatoms. The molecule has 2 unspecified atom stereocenters. The lowest BCUT2D eigenvalue weighted by atomic mass is 9.91. The number of amides is 1. The van der Waals surface area contributed by atoms with Gasteiger partial charge in [-0.05, 0) is 63.3 Å². The molecule has 2 atom stereocenters. The first-order chi connectivity index (χ1) is 16.6. The Morgan fingerprint density at radius 3 is 2.57 bits per heavy atom. The Morgan fingerprint density at radius 1 is 1.14 bits per heavy atom. The van der Waals surface area contributed by atoms with Crippen molar-refractivity contribution >= 4 is 29.5 Å². The fourth-order valence-electron chi connectivity index (χ4n) is 4.76. The number of fused-ring (bicyclic) bond motifs is 6. The second-order valence-corrected chi connectivity index (χ2v) is 11.6. The maximum absolute atomic E-state index is 13.3. The Bertz CT molecular complexity index is 1050. The molecule has 2 aliphatic rings. The van der Waals surface area contributed by atoms with E-state index in [1.807, 2.05) is 50.3 Å². The molecule has 4 bridgehead atoms. The van der Waals surface area contributed by atoms with Gasteiger partial charge in [-0.2, -0.15) is 0 Å². The van der Waals surface area contributed by atoms with Gasteiger partial charge in [-0.1, -0.05) is 46.8 Å². The third kappa shape index (κ3) is 6.37. The molecule has 0 spiro atoms. The largest absolute Gasteiger partial charge is 0.364 e. The monoisotopic (exact) mass is 495 g/mol. The average molecular weight is 496 g/mol. The van der Waals surface area contributed by atoms with Crippen LogP contribution in [0.15, 0.2) is 48.0 Å². The van der Waals surface area contributed by atoms with Crippen molar-refractivity contribution in [1.29, 1.82) is 0 Å². The Morgan fingerprint density at radius 2 is 1.89 bits per heavy atom. The Kier molecular flexibility index (Phi) is 8.52. The molecule has 4 rings (SSSR count). The van der Waals surface area contributed by atoms with E-state index in [9.17, 15) is 4.79 Å². The minimum atomic E-state index is -0.152. The number of anilines is 2. The molecule has 6 nitrogen and oxygen atoms in total. The van der Waals surface area contributed by atoms with Gasteiger partial charge in [-0.25, -0.2) is 9.97 Å². The van der Waals surface area contributed by atoms with E-state index in [0.717, 1.165) is 48.2 Å². The summed E-state index contributed by atoms with van der Waals surface area (Å²) in [5.41, 5.74) is 1.41. The first-order valence-electron chi connectivity index (χ1n) is 12.7. The molecule has 0 aliphatic carbocycles. The molecule has 2 aromatic rings. The quantitative estimate of drug-likeness (QED) is 0.343. The van der Waals surface area contributed by atoms with Gasteiger partial charge < -0.3 is 10.2 Å². The standard InChI is InChI=1S/C26H35N5OS.C2H6/c1-7-18-12-11-17-15-26(5,6)31(16-17)23-19(13-14-20(28-23)25(2,3)4)24(32)30-33-22-10-8-9-21(27-18)29-22;1-2/h7-10,13-14,17-18H,1,11-12,15-16H2,2-6H3,(H,27,29)(H,30,32);1-2H3. The number of nitrogens with one attached hydrogen (secondary N) is 2. The van der Waals surface area contributed by atoms with Crippen molar-refractivity contribution in [2.45, 2.75) is 89.8 Å². The van der Waals surface area contributed by atoms with E-state index < -0.39 is 0 Å². The molecular weight excluding hydrogens is 454 g/mol. The highest BCUT2D eigenvalue weighted by atomic mass is 32.2. The molecule has 0 radical (unpaired) electrons. The third-order valence-corrected chi connectivity index (χ3v) is 7.30. The van der Waals surface area contributed by atoms with Gasteiger partial charge in [0.05, 0.1) is 5.56 Å². The molecular formula is C28H41N5OS.